The number of carbonyl (C=O) groups excluding carboxylic acids is 1. The fourth-order valence-electron chi connectivity index (χ4n) is 2.16. The topological polar surface area (TPSA) is 62.1 Å². The number of hydrogen-bond acceptors (Lipinski definition) is 3. The highest BCUT2D eigenvalue weighted by Gasteiger charge is 2.26. The van der Waals surface area contributed by atoms with Gasteiger partial charge >= 0.3 is 6.09 Å². The molecule has 1 rings (SSSR count). The third-order valence-corrected chi connectivity index (χ3v) is 2.93. The molecular formula is C13H22N2O2. The Hall–Kier alpha value is -1.24. The van der Waals surface area contributed by atoms with Crippen molar-refractivity contribution in [1.29, 1.82) is 5.26 Å². The lowest BCUT2D eigenvalue weighted by Crippen LogP contribution is -2.42. The molecule has 0 bridgehead atoms. The van der Waals surface area contributed by atoms with Crippen LogP contribution in [0.1, 0.15) is 52.9 Å². The number of rotatable bonds is 2. The molecular weight excluding hydrogens is 216 g/mol. The highest BCUT2D eigenvalue weighted by atomic mass is 16.6. The molecule has 0 saturated heterocycles. The molecule has 1 amide bonds. The van der Waals surface area contributed by atoms with Crippen LogP contribution >= 0.6 is 0 Å². The van der Waals surface area contributed by atoms with Crippen LogP contribution < -0.4 is 5.32 Å². The van der Waals surface area contributed by atoms with Crippen LogP contribution in [0.5, 0.6) is 0 Å². The molecule has 0 heterocycles. The molecule has 4 nitrogen and oxygen atoms in total. The van der Waals surface area contributed by atoms with Gasteiger partial charge in [0.2, 0.25) is 0 Å². The fourth-order valence-corrected chi connectivity index (χ4v) is 2.16. The molecule has 0 unspecified atom stereocenters. The zero-order valence-corrected chi connectivity index (χ0v) is 11.0. The monoisotopic (exact) mass is 238 g/mol. The summed E-state index contributed by atoms with van der Waals surface area (Å²) in [7, 11) is 0. The number of alkyl carbamates (subject to hydrolysis) is 1. The van der Waals surface area contributed by atoms with Crippen LogP contribution in [0.4, 0.5) is 4.79 Å². The summed E-state index contributed by atoms with van der Waals surface area (Å²) in [5.74, 6) is 0.279. The van der Waals surface area contributed by atoms with Crippen LogP contribution in [0.2, 0.25) is 0 Å². The molecule has 0 aromatic heterocycles. The fraction of sp³-hybridized carbons (Fsp3) is 0.846. The smallest absolute Gasteiger partial charge is 0.408 e. The van der Waals surface area contributed by atoms with Gasteiger partial charge in [-0.1, -0.05) is 19.3 Å². The average molecular weight is 238 g/mol. The summed E-state index contributed by atoms with van der Waals surface area (Å²) in [5, 5.41) is 11.8. The molecule has 96 valence electrons. The zero-order valence-electron chi connectivity index (χ0n) is 11.0. The summed E-state index contributed by atoms with van der Waals surface area (Å²) in [6.07, 6.45) is 5.09. The van der Waals surface area contributed by atoms with Gasteiger partial charge in [-0.05, 0) is 39.5 Å². The Morgan fingerprint density at radius 1 is 1.35 bits per heavy atom. The van der Waals surface area contributed by atoms with Gasteiger partial charge in [0.05, 0.1) is 6.07 Å². The summed E-state index contributed by atoms with van der Waals surface area (Å²) >= 11 is 0. The van der Waals surface area contributed by atoms with Gasteiger partial charge in [0, 0.05) is 0 Å². The van der Waals surface area contributed by atoms with E-state index in [2.05, 4.69) is 11.4 Å². The molecule has 0 aliphatic heterocycles. The molecule has 0 radical (unpaired) electrons. The molecule has 1 saturated carbocycles. The summed E-state index contributed by atoms with van der Waals surface area (Å²) < 4.78 is 5.16. The number of ether oxygens (including phenoxy) is 1. The molecule has 1 fully saturated rings. The highest BCUT2D eigenvalue weighted by molar-refractivity contribution is 5.68. The van der Waals surface area contributed by atoms with E-state index in [0.29, 0.717) is 0 Å². The van der Waals surface area contributed by atoms with Crippen molar-refractivity contribution in [3.8, 4) is 6.07 Å². The molecule has 4 heteroatoms. The van der Waals surface area contributed by atoms with Gasteiger partial charge in [-0.15, -0.1) is 0 Å². The van der Waals surface area contributed by atoms with Crippen LogP contribution in [0.15, 0.2) is 0 Å². The molecule has 0 aromatic rings. The number of hydrogen-bond donors (Lipinski definition) is 1. The van der Waals surface area contributed by atoms with E-state index in [1.807, 2.05) is 20.8 Å². The lowest BCUT2D eigenvalue weighted by atomic mass is 9.84. The van der Waals surface area contributed by atoms with Crippen molar-refractivity contribution in [3.63, 3.8) is 0 Å². The minimum atomic E-state index is -0.517. The van der Waals surface area contributed by atoms with E-state index in [1.165, 1.54) is 6.42 Å². The van der Waals surface area contributed by atoms with E-state index < -0.39 is 17.7 Å². The van der Waals surface area contributed by atoms with E-state index in [0.717, 1.165) is 25.7 Å². The summed E-state index contributed by atoms with van der Waals surface area (Å²) in [5.41, 5.74) is -0.517. The van der Waals surface area contributed by atoms with Crippen LogP contribution in [-0.4, -0.2) is 17.7 Å². The minimum Gasteiger partial charge on any atom is -0.444 e. The molecule has 0 aromatic carbocycles. The molecule has 0 spiro atoms. The lowest BCUT2D eigenvalue weighted by Gasteiger charge is -2.27. The first-order chi connectivity index (χ1) is 7.92. The molecule has 1 atom stereocenters. The number of carbonyl (C=O) groups is 1. The first-order valence-electron chi connectivity index (χ1n) is 6.31. The van der Waals surface area contributed by atoms with Gasteiger partial charge in [0.25, 0.3) is 0 Å². The summed E-state index contributed by atoms with van der Waals surface area (Å²) in [4.78, 5) is 11.6. The van der Waals surface area contributed by atoms with Crippen LogP contribution in [0.25, 0.3) is 0 Å². The zero-order chi connectivity index (χ0) is 12.9. The molecule has 17 heavy (non-hydrogen) atoms. The third kappa shape index (κ3) is 5.08. The van der Waals surface area contributed by atoms with Crippen molar-refractivity contribution >= 4 is 6.09 Å². The van der Waals surface area contributed by atoms with E-state index >= 15 is 0 Å². The van der Waals surface area contributed by atoms with Crippen molar-refractivity contribution in [1.82, 2.24) is 5.32 Å². The van der Waals surface area contributed by atoms with Crippen molar-refractivity contribution in [2.24, 2.45) is 5.92 Å². The number of nitrogens with zero attached hydrogens (tertiary/aromatic N) is 1. The predicted molar refractivity (Wildman–Crippen MR) is 65.3 cm³/mol. The van der Waals surface area contributed by atoms with Crippen molar-refractivity contribution in [2.45, 2.75) is 64.5 Å². The maximum atomic E-state index is 11.6. The standard InChI is InChI=1S/C13H22N2O2/c1-13(2,3)17-12(16)15-11(9-14)10-7-5-4-6-8-10/h10-11H,4-8H2,1-3H3,(H,15,16)/t11-/m1/s1. The maximum Gasteiger partial charge on any atom is 0.408 e. The van der Waals surface area contributed by atoms with Crippen molar-refractivity contribution < 1.29 is 9.53 Å². The lowest BCUT2D eigenvalue weighted by molar-refractivity contribution is 0.0496. The summed E-state index contributed by atoms with van der Waals surface area (Å²) in [6.45, 7) is 5.44. The van der Waals surface area contributed by atoms with Crippen LogP contribution in [-0.2, 0) is 4.74 Å². The third-order valence-electron chi connectivity index (χ3n) is 2.93. The van der Waals surface area contributed by atoms with Gasteiger partial charge in [0.1, 0.15) is 11.6 Å². The maximum absolute atomic E-state index is 11.6. The predicted octanol–water partition coefficient (Wildman–Crippen LogP) is 2.98. The van der Waals surface area contributed by atoms with Crippen LogP contribution in [0, 0.1) is 17.2 Å². The van der Waals surface area contributed by atoms with Gasteiger partial charge < -0.3 is 10.1 Å². The average Bonchev–Trinajstić information content (AvgIpc) is 2.24. The van der Waals surface area contributed by atoms with E-state index in [1.54, 1.807) is 0 Å². The summed E-state index contributed by atoms with van der Waals surface area (Å²) in [6, 6.07) is 1.76. The van der Waals surface area contributed by atoms with E-state index in [-0.39, 0.29) is 5.92 Å². The number of amides is 1. The highest BCUT2D eigenvalue weighted by Crippen LogP contribution is 2.26. The van der Waals surface area contributed by atoms with Gasteiger partial charge in [-0.25, -0.2) is 4.79 Å². The van der Waals surface area contributed by atoms with Crippen molar-refractivity contribution in [3.05, 3.63) is 0 Å². The SMILES string of the molecule is CC(C)(C)OC(=O)N[C@H](C#N)C1CCCCC1. The van der Waals surface area contributed by atoms with E-state index in [9.17, 15) is 4.79 Å². The number of nitriles is 1. The Balaban J connectivity index is 2.46. The van der Waals surface area contributed by atoms with Gasteiger partial charge in [0.15, 0.2) is 0 Å². The Bertz CT molecular complexity index is 296. The Labute approximate surface area is 103 Å². The normalized spacial score (nSPS) is 19.2. The molecule has 1 aliphatic rings. The second-order valence-corrected chi connectivity index (χ2v) is 5.65. The molecule has 1 aliphatic carbocycles. The van der Waals surface area contributed by atoms with E-state index in [4.69, 9.17) is 10.00 Å². The van der Waals surface area contributed by atoms with Crippen LogP contribution in [0.3, 0.4) is 0 Å². The molecule has 1 N–H and O–H groups in total. The number of nitrogens with one attached hydrogen (secondary N) is 1. The second-order valence-electron chi connectivity index (χ2n) is 5.65. The second kappa shape index (κ2) is 5.90. The first-order valence-corrected chi connectivity index (χ1v) is 6.31. The van der Waals surface area contributed by atoms with Gasteiger partial charge in [-0.3, -0.25) is 0 Å². The first kappa shape index (κ1) is 13.8. The largest absolute Gasteiger partial charge is 0.444 e. The van der Waals surface area contributed by atoms with Gasteiger partial charge in [-0.2, -0.15) is 5.26 Å². The Kier molecular flexibility index (Phi) is 4.80. The Morgan fingerprint density at radius 2 is 1.94 bits per heavy atom. The minimum absolute atomic E-state index is 0.279. The van der Waals surface area contributed by atoms with Crippen molar-refractivity contribution in [2.75, 3.05) is 0 Å². The Morgan fingerprint density at radius 3 is 2.41 bits per heavy atom. The quantitative estimate of drug-likeness (QED) is 0.804.